The molecule has 0 aliphatic rings. The average molecular weight is 317 g/mol. The van der Waals surface area contributed by atoms with Crippen LogP contribution >= 0.6 is 22.7 Å². The van der Waals surface area contributed by atoms with Crippen molar-refractivity contribution in [1.82, 2.24) is 0 Å². The van der Waals surface area contributed by atoms with Crippen LogP contribution < -0.4 is 5.32 Å². The second kappa shape index (κ2) is 4.71. The summed E-state index contributed by atoms with van der Waals surface area (Å²) in [6.45, 7) is 0. The Kier molecular flexibility index (Phi) is 3.52. The minimum atomic E-state index is -4.45. The first kappa shape index (κ1) is 14.2. The summed E-state index contributed by atoms with van der Waals surface area (Å²) in [5.41, 5.74) is 0. The predicted octanol–water partition coefficient (Wildman–Crippen LogP) is 5.59. The molecule has 0 radical (unpaired) electrons. The van der Waals surface area contributed by atoms with Gasteiger partial charge in [-0.3, -0.25) is 0 Å². The van der Waals surface area contributed by atoms with Crippen LogP contribution in [0.1, 0.15) is 9.75 Å². The van der Waals surface area contributed by atoms with Gasteiger partial charge >= 0.3 is 12.4 Å². The number of anilines is 2. The maximum Gasteiger partial charge on any atom is 0.425 e. The Morgan fingerprint density at radius 3 is 1.32 bits per heavy atom. The highest BCUT2D eigenvalue weighted by atomic mass is 32.1. The van der Waals surface area contributed by atoms with E-state index in [-0.39, 0.29) is 10.0 Å². The van der Waals surface area contributed by atoms with E-state index in [2.05, 4.69) is 5.32 Å². The molecule has 1 nitrogen and oxygen atoms in total. The molecule has 2 aromatic heterocycles. The van der Waals surface area contributed by atoms with Crippen molar-refractivity contribution in [3.05, 3.63) is 34.0 Å². The van der Waals surface area contributed by atoms with Gasteiger partial charge in [-0.15, -0.1) is 22.7 Å². The summed E-state index contributed by atoms with van der Waals surface area (Å²) in [6, 6.07) is 4.12. The third-order valence-electron chi connectivity index (χ3n) is 2.02. The van der Waals surface area contributed by atoms with Gasteiger partial charge in [0, 0.05) is 0 Å². The molecule has 0 spiro atoms. The molecule has 0 saturated heterocycles. The third-order valence-corrected chi connectivity index (χ3v) is 4.11. The van der Waals surface area contributed by atoms with Crippen LogP contribution in [0, 0.1) is 0 Å². The number of nitrogens with one attached hydrogen (secondary N) is 1. The van der Waals surface area contributed by atoms with Crippen molar-refractivity contribution in [2.24, 2.45) is 0 Å². The largest absolute Gasteiger partial charge is 0.425 e. The standard InChI is InChI=1S/C10H5F6NS2/c11-9(12,13)5-1-3-7(18-5)17-8-4-2-6(19-8)10(14,15)16/h1-4,17H. The van der Waals surface area contributed by atoms with Gasteiger partial charge in [0.05, 0.1) is 10.0 Å². The van der Waals surface area contributed by atoms with Crippen LogP contribution in [0.3, 0.4) is 0 Å². The van der Waals surface area contributed by atoms with Crippen molar-refractivity contribution in [2.75, 3.05) is 5.32 Å². The lowest BCUT2D eigenvalue weighted by Crippen LogP contribution is -2.00. The SMILES string of the molecule is FC(F)(F)c1ccc(Nc2ccc(C(F)(F)F)s2)s1. The summed E-state index contributed by atoms with van der Waals surface area (Å²) in [7, 11) is 0. The lowest BCUT2D eigenvalue weighted by Gasteiger charge is -2.02. The lowest BCUT2D eigenvalue weighted by molar-refractivity contribution is -0.135. The Balaban J connectivity index is 2.14. The molecule has 9 heteroatoms. The molecule has 2 aromatic rings. The Hall–Kier alpha value is -1.22. The van der Waals surface area contributed by atoms with E-state index in [0.29, 0.717) is 22.7 Å². The van der Waals surface area contributed by atoms with Crippen LogP contribution in [0.2, 0.25) is 0 Å². The molecular formula is C10H5F6NS2. The van der Waals surface area contributed by atoms with Crippen LogP contribution in [-0.4, -0.2) is 0 Å². The van der Waals surface area contributed by atoms with E-state index >= 15 is 0 Å². The highest BCUT2D eigenvalue weighted by molar-refractivity contribution is 7.18. The Morgan fingerprint density at radius 2 is 1.05 bits per heavy atom. The van der Waals surface area contributed by atoms with Crippen LogP contribution in [0.25, 0.3) is 0 Å². The van der Waals surface area contributed by atoms with E-state index in [0.717, 1.165) is 12.1 Å². The van der Waals surface area contributed by atoms with E-state index in [1.54, 1.807) is 0 Å². The normalized spacial score (nSPS) is 12.7. The van der Waals surface area contributed by atoms with E-state index < -0.39 is 22.1 Å². The predicted molar refractivity (Wildman–Crippen MR) is 61.9 cm³/mol. The Labute approximate surface area is 111 Å². The molecule has 0 unspecified atom stereocenters. The number of halogens is 6. The van der Waals surface area contributed by atoms with Crippen molar-refractivity contribution in [3.63, 3.8) is 0 Å². The minimum absolute atomic E-state index is 0.142. The first-order valence-electron chi connectivity index (χ1n) is 4.77. The van der Waals surface area contributed by atoms with Gasteiger partial charge in [0.1, 0.15) is 9.75 Å². The number of hydrogen-bond donors (Lipinski definition) is 1. The molecule has 0 amide bonds. The molecule has 0 aromatic carbocycles. The lowest BCUT2D eigenvalue weighted by atomic mass is 10.4. The van der Waals surface area contributed by atoms with Gasteiger partial charge < -0.3 is 5.32 Å². The summed E-state index contributed by atoms with van der Waals surface area (Å²) in [5.74, 6) is 0. The van der Waals surface area contributed by atoms with Gasteiger partial charge in [-0.2, -0.15) is 26.3 Å². The molecule has 2 heterocycles. The van der Waals surface area contributed by atoms with Gasteiger partial charge in [0.25, 0.3) is 0 Å². The number of hydrogen-bond acceptors (Lipinski definition) is 3. The maximum absolute atomic E-state index is 12.3. The molecule has 104 valence electrons. The van der Waals surface area contributed by atoms with Crippen molar-refractivity contribution in [2.45, 2.75) is 12.4 Å². The number of thiophene rings is 2. The van der Waals surface area contributed by atoms with Gasteiger partial charge in [0.2, 0.25) is 0 Å². The number of alkyl halides is 6. The highest BCUT2D eigenvalue weighted by Gasteiger charge is 2.33. The van der Waals surface area contributed by atoms with Crippen molar-refractivity contribution in [1.29, 1.82) is 0 Å². The molecule has 0 atom stereocenters. The monoisotopic (exact) mass is 317 g/mol. The van der Waals surface area contributed by atoms with E-state index in [9.17, 15) is 26.3 Å². The number of rotatable bonds is 2. The van der Waals surface area contributed by atoms with Gasteiger partial charge in [-0.05, 0) is 24.3 Å². The fraction of sp³-hybridized carbons (Fsp3) is 0.200. The van der Waals surface area contributed by atoms with E-state index in [1.165, 1.54) is 12.1 Å². The fourth-order valence-electron chi connectivity index (χ4n) is 1.24. The summed E-state index contributed by atoms with van der Waals surface area (Å²) in [5, 5.41) is 2.81. The maximum atomic E-state index is 12.3. The molecule has 0 bridgehead atoms. The highest BCUT2D eigenvalue weighted by Crippen LogP contribution is 2.40. The summed E-state index contributed by atoms with van der Waals surface area (Å²) in [6.07, 6.45) is -8.89. The van der Waals surface area contributed by atoms with Gasteiger partial charge in [-0.25, -0.2) is 0 Å². The first-order valence-corrected chi connectivity index (χ1v) is 6.40. The average Bonchev–Trinajstić information content (AvgIpc) is 2.84. The van der Waals surface area contributed by atoms with E-state index in [4.69, 9.17) is 0 Å². The molecule has 0 aliphatic heterocycles. The van der Waals surface area contributed by atoms with Crippen LogP contribution in [0.15, 0.2) is 24.3 Å². The summed E-state index contributed by atoms with van der Waals surface area (Å²) >= 11 is 0.881. The zero-order valence-corrected chi connectivity index (χ0v) is 10.5. The fourth-order valence-corrected chi connectivity index (χ4v) is 2.87. The van der Waals surface area contributed by atoms with E-state index in [1.807, 2.05) is 0 Å². The first-order chi connectivity index (χ1) is 8.66. The van der Waals surface area contributed by atoms with Gasteiger partial charge in [0.15, 0.2) is 0 Å². The minimum Gasteiger partial charge on any atom is -0.339 e. The van der Waals surface area contributed by atoms with Crippen LogP contribution in [0.4, 0.5) is 36.3 Å². The molecule has 0 saturated carbocycles. The molecular weight excluding hydrogens is 312 g/mol. The topological polar surface area (TPSA) is 12.0 Å². The summed E-state index contributed by atoms with van der Waals surface area (Å²) in [4.78, 5) is -1.61. The molecule has 0 aliphatic carbocycles. The zero-order chi connectivity index (χ0) is 14.3. The van der Waals surface area contributed by atoms with Crippen molar-refractivity contribution in [3.8, 4) is 0 Å². The molecule has 0 fully saturated rings. The smallest absolute Gasteiger partial charge is 0.339 e. The van der Waals surface area contributed by atoms with Crippen LogP contribution in [0.5, 0.6) is 0 Å². The molecule has 19 heavy (non-hydrogen) atoms. The Morgan fingerprint density at radius 1 is 0.684 bits per heavy atom. The molecule has 1 N–H and O–H groups in total. The Bertz CT molecular complexity index is 515. The second-order valence-electron chi connectivity index (χ2n) is 3.45. The second-order valence-corrected chi connectivity index (χ2v) is 5.62. The molecule has 2 rings (SSSR count). The third kappa shape index (κ3) is 3.41. The van der Waals surface area contributed by atoms with Gasteiger partial charge in [-0.1, -0.05) is 0 Å². The van der Waals surface area contributed by atoms with Crippen LogP contribution in [-0.2, 0) is 12.4 Å². The quantitative estimate of drug-likeness (QED) is 0.712. The summed E-state index contributed by atoms with van der Waals surface area (Å²) < 4.78 is 74.0. The van der Waals surface area contributed by atoms with Crippen molar-refractivity contribution >= 4 is 32.7 Å². The van der Waals surface area contributed by atoms with Crippen molar-refractivity contribution < 1.29 is 26.3 Å². The zero-order valence-electron chi connectivity index (χ0n) is 8.89.